The summed E-state index contributed by atoms with van der Waals surface area (Å²) in [6, 6.07) is 6.45. The zero-order valence-corrected chi connectivity index (χ0v) is 20.5. The van der Waals surface area contributed by atoms with Crippen molar-refractivity contribution in [2.75, 3.05) is 20.3 Å². The first-order valence-electron chi connectivity index (χ1n) is 11.8. The number of benzene rings is 1. The van der Waals surface area contributed by atoms with E-state index >= 15 is 0 Å². The smallest absolute Gasteiger partial charge is 0.337 e. The van der Waals surface area contributed by atoms with E-state index in [1.807, 2.05) is 0 Å². The van der Waals surface area contributed by atoms with Gasteiger partial charge in [-0.15, -0.1) is 0 Å². The van der Waals surface area contributed by atoms with Crippen LogP contribution in [0.2, 0.25) is 0 Å². The number of rotatable bonds is 10. The number of aliphatic hydroxyl groups is 3. The third-order valence-corrected chi connectivity index (χ3v) is 6.47. The molecule has 2 aliphatic rings. The number of methoxy groups -OCH3 is 1. The third kappa shape index (κ3) is 7.05. The molecule has 0 saturated carbocycles. The van der Waals surface area contributed by atoms with Crippen LogP contribution in [-0.4, -0.2) is 95.8 Å². The second kappa shape index (κ2) is 13.0. The van der Waals surface area contributed by atoms with Gasteiger partial charge in [-0.2, -0.15) is 0 Å². The minimum Gasteiger partial charge on any atom is -0.508 e. The summed E-state index contributed by atoms with van der Waals surface area (Å²) in [6.07, 6.45) is -6.01. The minimum absolute atomic E-state index is 0.0178. The van der Waals surface area contributed by atoms with Crippen molar-refractivity contribution in [3.8, 4) is 5.75 Å². The van der Waals surface area contributed by atoms with Gasteiger partial charge >= 0.3 is 11.9 Å². The summed E-state index contributed by atoms with van der Waals surface area (Å²) in [7, 11) is 1.16. The van der Waals surface area contributed by atoms with Gasteiger partial charge in [-0.1, -0.05) is 12.1 Å². The average Bonchev–Trinajstić information content (AvgIpc) is 2.89. The Morgan fingerprint density at radius 1 is 1.08 bits per heavy atom. The molecule has 12 nitrogen and oxygen atoms in total. The second-order valence-electron chi connectivity index (χ2n) is 8.91. The number of ether oxygens (including phenoxy) is 5. The summed E-state index contributed by atoms with van der Waals surface area (Å²) in [6.45, 7) is 1.24. The van der Waals surface area contributed by atoms with E-state index < -0.39 is 67.2 Å². The number of hydrogen-bond acceptors (Lipinski definition) is 12. The highest BCUT2D eigenvalue weighted by Crippen LogP contribution is 2.33. The molecule has 8 unspecified atom stereocenters. The first-order valence-corrected chi connectivity index (χ1v) is 11.8. The standard InChI is InChI=1S/C25H32O12/c1-13-17(10-26)16(18(11-35-13)24(32)33-2)9-20(28)36-12-19-21(29)22(30)23(31)25(37-19)34-8-7-14-3-5-15(27)6-4-14/h3-6,10-11,13,16-17,19,21-23,25,27,29-31H,7-9,12H2,1-2H3. The summed E-state index contributed by atoms with van der Waals surface area (Å²) in [5, 5.41) is 40.1. The largest absolute Gasteiger partial charge is 0.508 e. The first-order chi connectivity index (χ1) is 17.7. The number of phenolic OH excluding ortho intramolecular Hbond substituents is 1. The molecule has 0 aromatic heterocycles. The lowest BCUT2D eigenvalue weighted by Crippen LogP contribution is -2.59. The van der Waals surface area contributed by atoms with Crippen LogP contribution in [0.4, 0.5) is 0 Å². The van der Waals surface area contributed by atoms with Gasteiger partial charge in [-0.3, -0.25) is 4.79 Å². The Morgan fingerprint density at radius 3 is 2.43 bits per heavy atom. The third-order valence-electron chi connectivity index (χ3n) is 6.47. The average molecular weight is 525 g/mol. The van der Waals surface area contributed by atoms with Crippen molar-refractivity contribution in [1.29, 1.82) is 0 Å². The van der Waals surface area contributed by atoms with E-state index in [9.17, 15) is 34.8 Å². The van der Waals surface area contributed by atoms with Gasteiger partial charge < -0.3 is 48.9 Å². The monoisotopic (exact) mass is 524 g/mol. The maximum Gasteiger partial charge on any atom is 0.337 e. The number of aldehydes is 1. The van der Waals surface area contributed by atoms with Gasteiger partial charge in [-0.25, -0.2) is 4.79 Å². The first kappa shape index (κ1) is 28.5. The summed E-state index contributed by atoms with van der Waals surface area (Å²) in [4.78, 5) is 36.3. The maximum atomic E-state index is 12.6. The molecule has 1 aromatic carbocycles. The quantitative estimate of drug-likeness (QED) is 0.230. The molecule has 3 rings (SSSR count). The van der Waals surface area contributed by atoms with E-state index in [4.69, 9.17) is 23.7 Å². The van der Waals surface area contributed by atoms with E-state index in [0.717, 1.165) is 12.7 Å². The molecule has 1 fully saturated rings. The molecule has 12 heteroatoms. The van der Waals surface area contributed by atoms with Gasteiger partial charge in [0.05, 0.1) is 37.9 Å². The molecular formula is C25H32O12. The van der Waals surface area contributed by atoms with Crippen LogP contribution in [-0.2, 0) is 44.5 Å². The number of carbonyl (C=O) groups is 3. The molecule has 0 radical (unpaired) electrons. The summed E-state index contributed by atoms with van der Waals surface area (Å²) < 4.78 is 26.4. The molecule has 2 heterocycles. The predicted octanol–water partition coefficient (Wildman–Crippen LogP) is -0.401. The van der Waals surface area contributed by atoms with E-state index in [2.05, 4.69) is 0 Å². The Kier molecular flexibility index (Phi) is 10.0. The van der Waals surface area contributed by atoms with E-state index in [1.165, 1.54) is 18.4 Å². The van der Waals surface area contributed by atoms with Crippen LogP contribution in [0.5, 0.6) is 5.75 Å². The Hall–Kier alpha value is -3.03. The number of esters is 2. The topological polar surface area (TPSA) is 178 Å². The SMILES string of the molecule is COC(=O)C1=COC(C)C(C=O)C1CC(=O)OCC1OC(OCCc2ccc(O)cc2)C(O)C(O)C1O. The highest BCUT2D eigenvalue weighted by Gasteiger charge is 2.45. The molecule has 8 atom stereocenters. The fourth-order valence-electron chi connectivity index (χ4n) is 4.22. The molecule has 4 N–H and O–H groups in total. The van der Waals surface area contributed by atoms with E-state index in [1.54, 1.807) is 19.1 Å². The van der Waals surface area contributed by atoms with Crippen molar-refractivity contribution in [2.45, 2.75) is 56.6 Å². The van der Waals surface area contributed by atoms with Crippen molar-refractivity contribution in [2.24, 2.45) is 11.8 Å². The number of hydrogen-bond donors (Lipinski definition) is 4. The van der Waals surface area contributed by atoms with Gasteiger partial charge in [0.2, 0.25) is 0 Å². The van der Waals surface area contributed by atoms with Crippen molar-refractivity contribution in [3.05, 3.63) is 41.7 Å². The molecule has 204 valence electrons. The number of phenols is 1. The molecule has 1 saturated heterocycles. The lowest BCUT2D eigenvalue weighted by molar-refractivity contribution is -0.301. The van der Waals surface area contributed by atoms with Crippen molar-refractivity contribution < 1.29 is 58.5 Å². The van der Waals surface area contributed by atoms with Gasteiger partial charge in [0.15, 0.2) is 6.29 Å². The van der Waals surface area contributed by atoms with E-state index in [0.29, 0.717) is 12.7 Å². The zero-order chi connectivity index (χ0) is 27.1. The predicted molar refractivity (Wildman–Crippen MR) is 124 cm³/mol. The van der Waals surface area contributed by atoms with Crippen LogP contribution >= 0.6 is 0 Å². The number of carbonyl (C=O) groups excluding carboxylic acids is 3. The van der Waals surface area contributed by atoms with Gasteiger partial charge in [-0.05, 0) is 31.0 Å². The van der Waals surface area contributed by atoms with Crippen molar-refractivity contribution in [3.63, 3.8) is 0 Å². The van der Waals surface area contributed by atoms with Crippen LogP contribution in [0, 0.1) is 11.8 Å². The Bertz CT molecular complexity index is 961. The second-order valence-corrected chi connectivity index (χ2v) is 8.91. The number of aliphatic hydroxyl groups excluding tert-OH is 3. The van der Waals surface area contributed by atoms with Crippen LogP contribution in [0.15, 0.2) is 36.1 Å². The molecule has 1 aromatic rings. The molecule has 0 amide bonds. The summed E-state index contributed by atoms with van der Waals surface area (Å²) in [5.41, 5.74) is 0.870. The Balaban J connectivity index is 1.57. The lowest BCUT2D eigenvalue weighted by atomic mass is 9.80. The molecule has 0 spiro atoms. The highest BCUT2D eigenvalue weighted by molar-refractivity contribution is 5.90. The maximum absolute atomic E-state index is 12.6. The van der Waals surface area contributed by atoms with Crippen molar-refractivity contribution >= 4 is 18.2 Å². The number of aromatic hydroxyl groups is 1. The lowest BCUT2D eigenvalue weighted by Gasteiger charge is -2.40. The Labute approximate surface area is 213 Å². The van der Waals surface area contributed by atoms with Gasteiger partial charge in [0, 0.05) is 5.92 Å². The molecular weight excluding hydrogens is 492 g/mol. The molecule has 37 heavy (non-hydrogen) atoms. The van der Waals surface area contributed by atoms with Crippen molar-refractivity contribution in [1.82, 2.24) is 0 Å². The van der Waals surface area contributed by atoms with Gasteiger partial charge in [0.25, 0.3) is 0 Å². The van der Waals surface area contributed by atoms with Crippen LogP contribution < -0.4 is 0 Å². The normalized spacial score (nSPS) is 31.5. The minimum atomic E-state index is -1.62. The zero-order valence-electron chi connectivity index (χ0n) is 20.5. The molecule has 2 aliphatic heterocycles. The fraction of sp³-hybridized carbons (Fsp3) is 0.560. The summed E-state index contributed by atoms with van der Waals surface area (Å²) >= 11 is 0. The van der Waals surface area contributed by atoms with Gasteiger partial charge in [0.1, 0.15) is 49.2 Å². The van der Waals surface area contributed by atoms with Crippen LogP contribution in [0.3, 0.4) is 0 Å². The van der Waals surface area contributed by atoms with E-state index in [-0.39, 0.29) is 24.4 Å². The fourth-order valence-corrected chi connectivity index (χ4v) is 4.22. The highest BCUT2D eigenvalue weighted by atomic mass is 16.7. The van der Waals surface area contributed by atoms with Crippen LogP contribution in [0.25, 0.3) is 0 Å². The summed E-state index contributed by atoms with van der Waals surface area (Å²) in [5.74, 6) is -3.06. The Morgan fingerprint density at radius 2 is 1.78 bits per heavy atom. The van der Waals surface area contributed by atoms with Crippen LogP contribution in [0.1, 0.15) is 18.9 Å². The molecule has 0 aliphatic carbocycles. The molecule has 0 bridgehead atoms.